The van der Waals surface area contributed by atoms with Crippen LogP contribution in [0.2, 0.25) is 0 Å². The molecule has 2 N–H and O–H groups in total. The minimum absolute atomic E-state index is 0.255. The van der Waals surface area contributed by atoms with Gasteiger partial charge in [0.15, 0.2) is 0 Å². The minimum atomic E-state index is -0.475. The molecule has 4 heteroatoms. The number of carbonyl (C=O) groups excluding carboxylic acids is 1. The van der Waals surface area contributed by atoms with E-state index in [4.69, 9.17) is 10.5 Å². The Morgan fingerprint density at radius 1 is 1.29 bits per heavy atom. The third-order valence-electron chi connectivity index (χ3n) is 3.38. The molecule has 0 unspecified atom stereocenters. The molecule has 21 heavy (non-hydrogen) atoms. The van der Waals surface area contributed by atoms with Crippen LogP contribution < -0.4 is 10.6 Å². The molecule has 1 aromatic rings. The lowest BCUT2D eigenvalue weighted by Crippen LogP contribution is -2.35. The number of ether oxygens (including phenoxy) is 1. The van der Waals surface area contributed by atoms with Gasteiger partial charge in [-0.1, -0.05) is 12.1 Å². The van der Waals surface area contributed by atoms with E-state index in [1.807, 2.05) is 46.8 Å². The molecule has 0 saturated heterocycles. The molecule has 0 aliphatic carbocycles. The highest BCUT2D eigenvalue weighted by molar-refractivity contribution is 5.90. The Balaban J connectivity index is 2.25. The van der Waals surface area contributed by atoms with Gasteiger partial charge in [0.05, 0.1) is 5.69 Å². The molecule has 0 fully saturated rings. The molecule has 0 spiro atoms. The average Bonchev–Trinajstić information content (AvgIpc) is 2.69. The highest BCUT2D eigenvalue weighted by atomic mass is 16.6. The molecule has 2 rings (SSSR count). The van der Waals surface area contributed by atoms with Crippen molar-refractivity contribution in [2.24, 2.45) is 5.73 Å². The van der Waals surface area contributed by atoms with Crippen LogP contribution in [0.3, 0.4) is 0 Å². The van der Waals surface area contributed by atoms with Crippen molar-refractivity contribution >= 4 is 11.8 Å². The lowest BCUT2D eigenvalue weighted by atomic mass is 9.92. The molecule has 0 bridgehead atoms. The number of benzene rings is 1. The number of rotatable bonds is 2. The predicted molar refractivity (Wildman–Crippen MR) is 85.7 cm³/mol. The van der Waals surface area contributed by atoms with Crippen molar-refractivity contribution in [1.29, 1.82) is 0 Å². The number of anilines is 1. The monoisotopic (exact) mass is 290 g/mol. The van der Waals surface area contributed by atoms with E-state index in [0.717, 1.165) is 18.5 Å². The van der Waals surface area contributed by atoms with Crippen molar-refractivity contribution in [3.8, 4) is 0 Å². The summed E-state index contributed by atoms with van der Waals surface area (Å²) in [7, 11) is 0. The zero-order chi connectivity index (χ0) is 15.8. The van der Waals surface area contributed by atoms with Gasteiger partial charge in [0.25, 0.3) is 0 Å². The van der Waals surface area contributed by atoms with E-state index in [0.29, 0.717) is 6.54 Å². The standard InChI is InChI=1S/C17H26N2O2/c1-16(2,3)21-15(20)19-10-9-13-12(11-17(4,5)18)7-6-8-14(13)19/h6-8H,9-11,18H2,1-5H3. The van der Waals surface area contributed by atoms with Crippen LogP contribution in [0.1, 0.15) is 45.7 Å². The van der Waals surface area contributed by atoms with E-state index in [2.05, 4.69) is 6.07 Å². The molecule has 0 saturated carbocycles. The number of carbonyl (C=O) groups is 1. The first-order chi connectivity index (χ1) is 9.57. The fourth-order valence-corrected chi connectivity index (χ4v) is 2.67. The Hall–Kier alpha value is -1.55. The Labute approximate surface area is 127 Å². The van der Waals surface area contributed by atoms with Crippen LogP contribution >= 0.6 is 0 Å². The summed E-state index contributed by atoms with van der Waals surface area (Å²) >= 11 is 0. The predicted octanol–water partition coefficient (Wildman–Crippen LogP) is 3.26. The van der Waals surface area contributed by atoms with E-state index in [1.54, 1.807) is 4.90 Å². The third kappa shape index (κ3) is 3.97. The molecule has 0 atom stereocenters. The van der Waals surface area contributed by atoms with Crippen LogP contribution in [0.25, 0.3) is 0 Å². The summed E-state index contributed by atoms with van der Waals surface area (Å²) in [5, 5.41) is 0. The second kappa shape index (κ2) is 5.34. The number of nitrogens with two attached hydrogens (primary N) is 1. The Morgan fingerprint density at radius 2 is 1.95 bits per heavy atom. The first-order valence-corrected chi connectivity index (χ1v) is 7.47. The van der Waals surface area contributed by atoms with Gasteiger partial charge in [0, 0.05) is 12.1 Å². The highest BCUT2D eigenvalue weighted by Gasteiger charge is 2.30. The van der Waals surface area contributed by atoms with Crippen molar-refractivity contribution < 1.29 is 9.53 Å². The van der Waals surface area contributed by atoms with Gasteiger partial charge >= 0.3 is 6.09 Å². The summed E-state index contributed by atoms with van der Waals surface area (Å²) in [4.78, 5) is 14.0. The van der Waals surface area contributed by atoms with E-state index < -0.39 is 5.60 Å². The topological polar surface area (TPSA) is 55.6 Å². The summed E-state index contributed by atoms with van der Waals surface area (Å²) in [5.41, 5.74) is 8.82. The van der Waals surface area contributed by atoms with Crippen LogP contribution in [-0.4, -0.2) is 23.8 Å². The van der Waals surface area contributed by atoms with Crippen LogP contribution in [0.15, 0.2) is 18.2 Å². The summed E-state index contributed by atoms with van der Waals surface area (Å²) in [6, 6.07) is 6.08. The van der Waals surface area contributed by atoms with Crippen molar-refractivity contribution in [3.05, 3.63) is 29.3 Å². The Kier molecular flexibility index (Phi) is 4.02. The normalized spacial score (nSPS) is 15.0. The lowest BCUT2D eigenvalue weighted by Gasteiger charge is -2.25. The van der Waals surface area contributed by atoms with Crippen molar-refractivity contribution in [3.63, 3.8) is 0 Å². The summed E-state index contributed by atoms with van der Waals surface area (Å²) in [5.74, 6) is 0. The molecular formula is C17H26N2O2. The van der Waals surface area contributed by atoms with Crippen molar-refractivity contribution in [1.82, 2.24) is 0 Å². The fourth-order valence-electron chi connectivity index (χ4n) is 2.67. The number of fused-ring (bicyclic) bond motifs is 1. The average molecular weight is 290 g/mol. The van der Waals surface area contributed by atoms with Gasteiger partial charge in [-0.25, -0.2) is 4.79 Å². The van der Waals surface area contributed by atoms with E-state index in [9.17, 15) is 4.79 Å². The van der Waals surface area contributed by atoms with Crippen LogP contribution in [0.4, 0.5) is 10.5 Å². The molecular weight excluding hydrogens is 264 g/mol. The number of amides is 1. The zero-order valence-electron chi connectivity index (χ0n) is 13.7. The van der Waals surface area contributed by atoms with E-state index in [1.165, 1.54) is 11.1 Å². The minimum Gasteiger partial charge on any atom is -0.443 e. The van der Waals surface area contributed by atoms with Crippen LogP contribution in [0.5, 0.6) is 0 Å². The Morgan fingerprint density at radius 3 is 2.52 bits per heavy atom. The van der Waals surface area contributed by atoms with Crippen molar-refractivity contribution in [2.45, 2.75) is 58.6 Å². The number of nitrogens with zero attached hydrogens (tertiary/aromatic N) is 1. The van der Waals surface area contributed by atoms with Gasteiger partial charge in [-0.2, -0.15) is 0 Å². The lowest BCUT2D eigenvalue weighted by molar-refractivity contribution is 0.0584. The summed E-state index contributed by atoms with van der Waals surface area (Å²) in [6.07, 6.45) is 1.39. The molecule has 116 valence electrons. The van der Waals surface area contributed by atoms with E-state index in [-0.39, 0.29) is 11.6 Å². The maximum atomic E-state index is 12.3. The fraction of sp³-hybridized carbons (Fsp3) is 0.588. The van der Waals surface area contributed by atoms with Crippen LogP contribution in [0, 0.1) is 0 Å². The highest BCUT2D eigenvalue weighted by Crippen LogP contribution is 2.33. The second-order valence-corrected chi connectivity index (χ2v) is 7.46. The second-order valence-electron chi connectivity index (χ2n) is 7.46. The van der Waals surface area contributed by atoms with Crippen LogP contribution in [-0.2, 0) is 17.6 Å². The quantitative estimate of drug-likeness (QED) is 0.909. The molecule has 1 aliphatic rings. The molecule has 1 heterocycles. The maximum Gasteiger partial charge on any atom is 0.414 e. The molecule has 0 aromatic heterocycles. The number of hydrogen-bond acceptors (Lipinski definition) is 3. The van der Waals surface area contributed by atoms with Gasteiger partial charge in [-0.3, -0.25) is 4.90 Å². The molecule has 0 radical (unpaired) electrons. The maximum absolute atomic E-state index is 12.3. The third-order valence-corrected chi connectivity index (χ3v) is 3.38. The SMILES string of the molecule is CC(C)(N)Cc1cccc2c1CCN2C(=O)OC(C)(C)C. The smallest absolute Gasteiger partial charge is 0.414 e. The largest absolute Gasteiger partial charge is 0.443 e. The van der Waals surface area contributed by atoms with E-state index >= 15 is 0 Å². The number of hydrogen-bond donors (Lipinski definition) is 1. The summed E-state index contributed by atoms with van der Waals surface area (Å²) < 4.78 is 5.48. The first kappa shape index (κ1) is 15.8. The first-order valence-electron chi connectivity index (χ1n) is 7.47. The molecule has 1 amide bonds. The molecule has 1 aromatic carbocycles. The van der Waals surface area contributed by atoms with Gasteiger partial charge in [0.1, 0.15) is 5.60 Å². The van der Waals surface area contributed by atoms with Gasteiger partial charge in [0.2, 0.25) is 0 Å². The molecule has 1 aliphatic heterocycles. The van der Waals surface area contributed by atoms with Gasteiger partial charge in [-0.05, 0) is 64.7 Å². The molecule has 4 nitrogen and oxygen atoms in total. The van der Waals surface area contributed by atoms with Gasteiger partial charge in [-0.15, -0.1) is 0 Å². The van der Waals surface area contributed by atoms with Crippen molar-refractivity contribution in [2.75, 3.05) is 11.4 Å². The zero-order valence-corrected chi connectivity index (χ0v) is 13.7. The Bertz CT molecular complexity index is 539. The summed E-state index contributed by atoms with van der Waals surface area (Å²) in [6.45, 7) is 10.4. The van der Waals surface area contributed by atoms with Gasteiger partial charge < -0.3 is 10.5 Å².